The topological polar surface area (TPSA) is 0 Å². The van der Waals surface area contributed by atoms with Crippen molar-refractivity contribution < 1.29 is 0 Å². The molecule has 0 saturated heterocycles. The van der Waals surface area contributed by atoms with Crippen LogP contribution in [0.25, 0.3) is 0 Å². The zero-order valence-corrected chi connectivity index (χ0v) is 12.7. The molecule has 0 spiro atoms. The lowest BCUT2D eigenvalue weighted by Gasteiger charge is -2.23. The number of benzene rings is 1. The molecular weight excluding hydrogens is 276 g/mol. The summed E-state index contributed by atoms with van der Waals surface area (Å²) in [5, 5.41) is 0. The molecule has 1 aromatic carbocycles. The molecule has 1 rings (SSSR count). The van der Waals surface area contributed by atoms with Crippen molar-refractivity contribution in [3.8, 4) is 0 Å². The van der Waals surface area contributed by atoms with E-state index in [2.05, 4.69) is 65.2 Å². The second-order valence-corrected chi connectivity index (χ2v) is 13.0. The van der Waals surface area contributed by atoms with Crippen molar-refractivity contribution in [3.05, 3.63) is 48.6 Å². The molecule has 0 aliphatic rings. The lowest BCUT2D eigenvalue weighted by molar-refractivity contribution is 0.867. The van der Waals surface area contributed by atoms with Gasteiger partial charge in [-0.05, 0) is 23.7 Å². The molecule has 1 aromatic rings. The first-order valence-electron chi connectivity index (χ1n) is 6.04. The van der Waals surface area contributed by atoms with Crippen molar-refractivity contribution in [2.45, 2.75) is 37.9 Å². The normalized spacial score (nSPS) is 14.4. The molecule has 0 radical (unpaired) electrons. The Morgan fingerprint density at radius 1 is 1.31 bits per heavy atom. The summed E-state index contributed by atoms with van der Waals surface area (Å²) in [7, 11) is 0. The summed E-state index contributed by atoms with van der Waals surface area (Å²) < 4.78 is 0. The molecule has 0 saturated carbocycles. The molecule has 88 valence electrons. The molecule has 0 nitrogen and oxygen atoms in total. The van der Waals surface area contributed by atoms with E-state index in [0.29, 0.717) is 0 Å². The fourth-order valence-corrected chi connectivity index (χ4v) is 7.47. The third-order valence-electron chi connectivity index (χ3n) is 2.85. The Hall–Kier alpha value is -0.343. The summed E-state index contributed by atoms with van der Waals surface area (Å²) in [5.41, 5.74) is 1.46. The molecule has 16 heavy (non-hydrogen) atoms. The Morgan fingerprint density at radius 2 is 2.00 bits per heavy atom. The number of unbranched alkanes of at least 4 members (excludes halogenated alkanes) is 1. The van der Waals surface area contributed by atoms with Crippen LogP contribution in [-0.4, -0.2) is 6.69 Å². The van der Waals surface area contributed by atoms with Gasteiger partial charge in [0, 0.05) is 0 Å². The molecule has 1 atom stereocenters. The maximum atomic E-state index is 4.05. The summed E-state index contributed by atoms with van der Waals surface area (Å²) in [6, 6.07) is 14.6. The fourth-order valence-electron chi connectivity index (χ4n) is 1.98. The van der Waals surface area contributed by atoms with Crippen molar-refractivity contribution >= 4 is 22.0 Å². The minimum Gasteiger partial charge on any atom is -0.126 e. The van der Waals surface area contributed by atoms with Crippen LogP contribution in [0.15, 0.2) is 43.0 Å². The van der Waals surface area contributed by atoms with Gasteiger partial charge in [0.15, 0.2) is 0 Å². The second kappa shape index (κ2) is 7.07. The zero-order valence-electron chi connectivity index (χ0n) is 10.1. The largest absolute Gasteiger partial charge is 0.138 e. The molecule has 0 heterocycles. The lowest BCUT2D eigenvalue weighted by Crippen LogP contribution is -2.29. The van der Waals surface area contributed by atoms with E-state index < -0.39 is 6.69 Å². The predicted octanol–water partition coefficient (Wildman–Crippen LogP) is 5.09. The van der Waals surface area contributed by atoms with Crippen molar-refractivity contribution in [1.82, 2.24) is 0 Å². The molecule has 2 heteroatoms. The number of rotatable bonds is 7. The molecule has 1 unspecified atom stereocenters. The number of halogens is 1. The van der Waals surface area contributed by atoms with E-state index in [0.717, 1.165) is 0 Å². The van der Waals surface area contributed by atoms with Crippen LogP contribution < -0.4 is 0 Å². The Bertz CT molecular complexity index is 310. The van der Waals surface area contributed by atoms with Crippen molar-refractivity contribution in [2.75, 3.05) is 0 Å². The molecule has 0 amide bonds. The highest BCUT2D eigenvalue weighted by Gasteiger charge is 2.27. The molecule has 0 bridgehead atoms. The molecule has 0 aliphatic carbocycles. The van der Waals surface area contributed by atoms with Crippen molar-refractivity contribution in [1.29, 1.82) is 0 Å². The lowest BCUT2D eigenvalue weighted by atomic mass is 10.2. The highest BCUT2D eigenvalue weighted by Crippen LogP contribution is 2.29. The summed E-state index contributed by atoms with van der Waals surface area (Å²) in [5.74, 6) is 0. The molecule has 0 aliphatic heterocycles. The van der Waals surface area contributed by atoms with Gasteiger partial charge in [-0.2, -0.15) is 0 Å². The SMILES string of the molecule is C=CC[Si](Br)(CCCC)Cc1ccccc1. The van der Waals surface area contributed by atoms with Gasteiger partial charge in [-0.25, -0.2) is 0 Å². The van der Waals surface area contributed by atoms with E-state index in [1.807, 2.05) is 0 Å². The van der Waals surface area contributed by atoms with Gasteiger partial charge in [0.2, 0.25) is 0 Å². The fraction of sp³-hybridized carbons (Fsp3) is 0.429. The Kier molecular flexibility index (Phi) is 6.07. The van der Waals surface area contributed by atoms with E-state index in [-0.39, 0.29) is 0 Å². The molecule has 0 fully saturated rings. The molecule has 0 N–H and O–H groups in total. The van der Waals surface area contributed by atoms with Gasteiger partial charge < -0.3 is 0 Å². The maximum Gasteiger partial charge on any atom is 0.138 e. The quantitative estimate of drug-likeness (QED) is 0.373. The first kappa shape index (κ1) is 13.7. The van der Waals surface area contributed by atoms with E-state index in [1.54, 1.807) is 0 Å². The Morgan fingerprint density at radius 3 is 2.56 bits per heavy atom. The van der Waals surface area contributed by atoms with Gasteiger partial charge in [0.1, 0.15) is 6.69 Å². The number of hydrogen-bond donors (Lipinski definition) is 0. The van der Waals surface area contributed by atoms with Crippen LogP contribution in [0, 0.1) is 0 Å². The minimum atomic E-state index is -1.32. The third-order valence-corrected chi connectivity index (χ3v) is 9.17. The van der Waals surface area contributed by atoms with Gasteiger partial charge in [-0.3, -0.25) is 0 Å². The third kappa shape index (κ3) is 4.66. The van der Waals surface area contributed by atoms with Crippen molar-refractivity contribution in [2.24, 2.45) is 0 Å². The monoisotopic (exact) mass is 296 g/mol. The first-order chi connectivity index (χ1) is 7.70. The standard InChI is InChI=1S/C14H21BrSi/c1-3-5-12-16(15,11-4-2)13-14-9-7-6-8-10-14/h4,6-10H,2-3,5,11-13H2,1H3. The van der Waals surface area contributed by atoms with Crippen molar-refractivity contribution in [3.63, 3.8) is 0 Å². The van der Waals surface area contributed by atoms with E-state index in [1.165, 1.54) is 36.5 Å². The number of allylic oxidation sites excluding steroid dienone is 1. The van der Waals surface area contributed by atoms with E-state index >= 15 is 0 Å². The van der Waals surface area contributed by atoms with Crippen LogP contribution in [0.5, 0.6) is 0 Å². The first-order valence-corrected chi connectivity index (χ1v) is 10.9. The predicted molar refractivity (Wildman–Crippen MR) is 79.5 cm³/mol. The minimum absolute atomic E-state index is 1.17. The maximum absolute atomic E-state index is 4.05. The number of hydrogen-bond acceptors (Lipinski definition) is 0. The van der Waals surface area contributed by atoms with Gasteiger partial charge in [0.25, 0.3) is 0 Å². The Labute approximate surface area is 108 Å². The van der Waals surface area contributed by atoms with Gasteiger partial charge >= 0.3 is 0 Å². The Balaban J connectivity index is 2.66. The van der Waals surface area contributed by atoms with Crippen LogP contribution in [0.1, 0.15) is 25.3 Å². The van der Waals surface area contributed by atoms with Gasteiger partial charge in [-0.1, -0.05) is 56.2 Å². The molecular formula is C14H21BrSi. The van der Waals surface area contributed by atoms with Crippen LogP contribution in [0.2, 0.25) is 12.1 Å². The van der Waals surface area contributed by atoms with Gasteiger partial charge in [-0.15, -0.1) is 21.9 Å². The second-order valence-electron chi connectivity index (χ2n) is 4.41. The van der Waals surface area contributed by atoms with Crippen LogP contribution in [-0.2, 0) is 6.04 Å². The van der Waals surface area contributed by atoms with E-state index in [4.69, 9.17) is 0 Å². The van der Waals surface area contributed by atoms with E-state index in [9.17, 15) is 0 Å². The summed E-state index contributed by atoms with van der Waals surface area (Å²) in [6.45, 7) is 4.85. The zero-order chi connectivity index (χ0) is 11.9. The summed E-state index contributed by atoms with van der Waals surface area (Å²) in [6.07, 6.45) is 4.70. The average molecular weight is 297 g/mol. The summed E-state index contributed by atoms with van der Waals surface area (Å²) >= 11 is 4.05. The molecule has 0 aromatic heterocycles. The summed E-state index contributed by atoms with van der Waals surface area (Å²) in [4.78, 5) is 0. The highest BCUT2D eigenvalue weighted by atomic mass is 79.9. The highest BCUT2D eigenvalue weighted by molar-refractivity contribution is 9.26. The average Bonchev–Trinajstić information content (AvgIpc) is 2.28. The van der Waals surface area contributed by atoms with Crippen LogP contribution in [0.3, 0.4) is 0 Å². The smallest absolute Gasteiger partial charge is 0.126 e. The van der Waals surface area contributed by atoms with Gasteiger partial charge in [0.05, 0.1) is 0 Å². The van der Waals surface area contributed by atoms with Crippen LogP contribution in [0.4, 0.5) is 0 Å². The van der Waals surface area contributed by atoms with Crippen LogP contribution >= 0.6 is 15.3 Å².